The van der Waals surface area contributed by atoms with E-state index in [1.807, 2.05) is 55.4 Å². The Hall–Kier alpha value is -0.700. The Morgan fingerprint density at radius 3 is 1.00 bits per heavy atom. The molecular weight excluding hydrogens is 815 g/mol. The highest BCUT2D eigenvalue weighted by Crippen LogP contribution is 2.46. The summed E-state index contributed by atoms with van der Waals surface area (Å²) in [5.41, 5.74) is -0.637. The smallest absolute Gasteiger partial charge is 0.245 e. The van der Waals surface area contributed by atoms with Crippen molar-refractivity contribution in [3.05, 3.63) is 0 Å². The maximum Gasteiger partial charge on any atom is 0.392 e. The van der Waals surface area contributed by atoms with Crippen LogP contribution >= 0.6 is 0 Å². The van der Waals surface area contributed by atoms with Crippen LogP contribution in [0, 0.1) is 81.8 Å². The van der Waals surface area contributed by atoms with Crippen LogP contribution in [0.4, 0.5) is 43.9 Å². The Morgan fingerprint density at radius 2 is 0.806 bits per heavy atom. The lowest BCUT2D eigenvalue weighted by molar-refractivity contribution is -0.199. The van der Waals surface area contributed by atoms with Crippen LogP contribution < -0.4 is 0 Å². The Balaban J connectivity index is -0.000000688. The standard InChI is InChI=1S/2C9H15F3.C8H13F3.C8H16.C6H13F.2C6H14/c1-6-3-7(2)5-8(4-6)9(10,11)12;1-6-4-3-5-8(7(6)2)9(10,11)12;1-5-3-6(2)7(4-5)8(9,10)11;1-6-4-5-7(2)8(6)3;1-4-5-6(2,3)7;2*1-5-6(2,3)4/h2*6-8H,3-5H2,1-2H3;5-7H,3-4H2,1-2H3;6-8H,4-5H2,1-3H3;4-5H2,1-3H3;2*5H2,1-4H3/t6-,7?,8?;6?,7-,8?;5-,6?,7?;;;;/m010..../s1/i;;;;;5D2;. The van der Waals surface area contributed by atoms with Crippen LogP contribution in [0.1, 0.15) is 231 Å². The van der Waals surface area contributed by atoms with Gasteiger partial charge >= 0.3 is 18.5 Å². The van der Waals surface area contributed by atoms with Gasteiger partial charge in [0.15, 0.2) is 0 Å². The van der Waals surface area contributed by atoms with Crippen molar-refractivity contribution in [3.63, 3.8) is 0 Å². The number of halogens is 10. The molecule has 0 aromatic rings. The molecule has 4 aliphatic rings. The van der Waals surface area contributed by atoms with Crippen LogP contribution in [0.2, 0.25) is 0 Å². The predicted molar refractivity (Wildman–Crippen MR) is 247 cm³/mol. The van der Waals surface area contributed by atoms with Gasteiger partial charge in [-0.05, 0) is 123 Å². The molecule has 4 fully saturated rings. The maximum absolute atomic E-state index is 12.4. The molecule has 0 saturated heterocycles. The lowest BCUT2D eigenvalue weighted by Crippen LogP contribution is -2.35. The van der Waals surface area contributed by atoms with E-state index in [1.54, 1.807) is 34.6 Å². The quantitative estimate of drug-likeness (QED) is 0.242. The van der Waals surface area contributed by atoms with Gasteiger partial charge in [0.1, 0.15) is 5.67 Å². The first-order valence-electron chi connectivity index (χ1n) is 25.2. The molecule has 0 heterocycles. The van der Waals surface area contributed by atoms with Gasteiger partial charge in [-0.3, -0.25) is 0 Å². The summed E-state index contributed by atoms with van der Waals surface area (Å²) in [4.78, 5) is 0. The Bertz CT molecular complexity index is 1140. The molecule has 4 aliphatic carbocycles. The molecule has 11 atom stereocenters. The zero-order valence-electron chi connectivity index (χ0n) is 45.4. The monoisotopic (exact) mass is 917 g/mol. The highest BCUT2D eigenvalue weighted by Gasteiger charge is 2.47. The van der Waals surface area contributed by atoms with Gasteiger partial charge in [0.05, 0.1) is 17.8 Å². The molecule has 8 unspecified atom stereocenters. The molecule has 0 nitrogen and oxygen atoms in total. The van der Waals surface area contributed by atoms with E-state index in [0.29, 0.717) is 37.5 Å². The van der Waals surface area contributed by atoms with Crippen LogP contribution in [0.3, 0.4) is 0 Å². The van der Waals surface area contributed by atoms with E-state index in [0.717, 1.165) is 49.9 Å². The molecule has 0 aromatic heterocycles. The minimum Gasteiger partial charge on any atom is -0.245 e. The Kier molecular flexibility index (Phi) is 28.8. The molecule has 62 heavy (non-hydrogen) atoms. The van der Waals surface area contributed by atoms with Gasteiger partial charge in [-0.25, -0.2) is 4.39 Å². The lowest BCUT2D eigenvalue weighted by Gasteiger charge is -2.35. The number of alkyl halides is 10. The van der Waals surface area contributed by atoms with Gasteiger partial charge in [-0.15, -0.1) is 0 Å². The molecule has 378 valence electrons. The van der Waals surface area contributed by atoms with Crippen molar-refractivity contribution in [2.24, 2.45) is 81.8 Å². The van der Waals surface area contributed by atoms with Gasteiger partial charge in [0.25, 0.3) is 0 Å². The van der Waals surface area contributed by atoms with Gasteiger partial charge in [-0.1, -0.05) is 170 Å². The Labute approximate surface area is 380 Å². The summed E-state index contributed by atoms with van der Waals surface area (Å²) in [6.45, 7) is 39.6. The van der Waals surface area contributed by atoms with Crippen LogP contribution in [0.15, 0.2) is 0 Å². The summed E-state index contributed by atoms with van der Waals surface area (Å²) in [6, 6.07) is 0. The van der Waals surface area contributed by atoms with E-state index in [9.17, 15) is 43.9 Å². The van der Waals surface area contributed by atoms with E-state index >= 15 is 0 Å². The first kappa shape index (κ1) is 61.3. The average molecular weight is 917 g/mol. The van der Waals surface area contributed by atoms with Crippen molar-refractivity contribution in [2.45, 2.75) is 253 Å². The fourth-order valence-corrected chi connectivity index (χ4v) is 8.48. The average Bonchev–Trinajstić information content (AvgIpc) is 3.59. The molecule has 10 heteroatoms. The zero-order chi connectivity index (χ0) is 51.6. The first-order chi connectivity index (χ1) is 28.3. The van der Waals surface area contributed by atoms with E-state index < -0.39 is 48.3 Å². The molecular formula is C52H100F10. The van der Waals surface area contributed by atoms with Crippen molar-refractivity contribution < 1.29 is 46.6 Å². The Morgan fingerprint density at radius 1 is 0.435 bits per heavy atom. The first-order valence-corrected chi connectivity index (χ1v) is 24.2. The van der Waals surface area contributed by atoms with E-state index in [2.05, 4.69) is 48.5 Å². The van der Waals surface area contributed by atoms with Gasteiger partial charge in [0, 0.05) is 2.74 Å². The van der Waals surface area contributed by atoms with E-state index in [1.165, 1.54) is 19.3 Å². The van der Waals surface area contributed by atoms with Crippen molar-refractivity contribution >= 4 is 0 Å². The molecule has 4 rings (SSSR count). The van der Waals surface area contributed by atoms with Crippen molar-refractivity contribution in [1.29, 1.82) is 0 Å². The van der Waals surface area contributed by atoms with Crippen molar-refractivity contribution in [2.75, 3.05) is 0 Å². The number of rotatable bonds is 2. The zero-order valence-corrected chi connectivity index (χ0v) is 43.4. The van der Waals surface area contributed by atoms with Gasteiger partial charge in [0.2, 0.25) is 0 Å². The van der Waals surface area contributed by atoms with Gasteiger partial charge < -0.3 is 0 Å². The molecule has 0 aliphatic heterocycles. The van der Waals surface area contributed by atoms with Gasteiger partial charge in [-0.2, -0.15) is 39.5 Å². The van der Waals surface area contributed by atoms with Crippen LogP contribution in [-0.2, 0) is 0 Å². The maximum atomic E-state index is 12.4. The second kappa shape index (κ2) is 29.1. The molecule has 0 spiro atoms. The number of hydrogen-bond donors (Lipinski definition) is 0. The fourth-order valence-electron chi connectivity index (χ4n) is 8.48. The summed E-state index contributed by atoms with van der Waals surface area (Å²) < 4.78 is 137. The molecule has 4 saturated carbocycles. The fraction of sp³-hybridized carbons (Fsp3) is 1.00. The lowest BCUT2D eigenvalue weighted by atomic mass is 9.73. The second-order valence-corrected chi connectivity index (χ2v) is 23.0. The second-order valence-electron chi connectivity index (χ2n) is 23.0. The highest BCUT2D eigenvalue weighted by molar-refractivity contribution is 4.84. The summed E-state index contributed by atoms with van der Waals surface area (Å²) in [5.74, 6) is 0.395. The van der Waals surface area contributed by atoms with Crippen LogP contribution in [0.5, 0.6) is 0 Å². The molecule has 0 N–H and O–H groups in total. The van der Waals surface area contributed by atoms with Crippen molar-refractivity contribution in [3.8, 4) is 0 Å². The third-order valence-corrected chi connectivity index (χ3v) is 13.8. The minimum atomic E-state index is -3.98. The van der Waals surface area contributed by atoms with Crippen LogP contribution in [0.25, 0.3) is 0 Å². The molecule has 0 bridgehead atoms. The summed E-state index contributed by atoms with van der Waals surface area (Å²) >= 11 is 0. The number of hydrogen-bond acceptors (Lipinski definition) is 0. The SMILES string of the molecule is CC1CC(C(F)(F)F)C[C@@H](C)C1.CC1CCC(C)C1C.CC1CCCC(C(F)(F)F)[C@@H]1C.CC1C[C@H](C)CC1C(F)(F)F.CCC(C)(C)C.CCCC(C)(C)F.[2H]C([2H])(C)C(C)(C)C. The summed E-state index contributed by atoms with van der Waals surface area (Å²) in [7, 11) is 0. The summed E-state index contributed by atoms with van der Waals surface area (Å²) in [6.07, 6.45) is -2.51. The highest BCUT2D eigenvalue weighted by atomic mass is 19.4. The van der Waals surface area contributed by atoms with Crippen LogP contribution in [-0.4, -0.2) is 24.2 Å². The third-order valence-electron chi connectivity index (χ3n) is 13.8. The van der Waals surface area contributed by atoms with Crippen molar-refractivity contribution in [1.82, 2.24) is 0 Å². The predicted octanol–water partition coefficient (Wildman–Crippen LogP) is 20.6. The largest absolute Gasteiger partial charge is 0.392 e. The van der Waals surface area contributed by atoms with E-state index in [-0.39, 0.29) is 40.9 Å². The minimum absolute atomic E-state index is 0.176. The third kappa shape index (κ3) is 32.9. The normalized spacial score (nSPS) is 32.4. The van der Waals surface area contributed by atoms with E-state index in [4.69, 9.17) is 2.74 Å². The molecule has 0 radical (unpaired) electrons. The molecule has 0 aromatic carbocycles. The summed E-state index contributed by atoms with van der Waals surface area (Å²) in [5, 5.41) is 0. The topological polar surface area (TPSA) is 0 Å². The molecule has 0 amide bonds.